The van der Waals surface area contributed by atoms with Crippen molar-refractivity contribution in [3.05, 3.63) is 0 Å². The molecule has 0 aromatic rings. The van der Waals surface area contributed by atoms with Crippen LogP contribution >= 0.6 is 0 Å². The summed E-state index contributed by atoms with van der Waals surface area (Å²) in [5.74, 6) is -1.91. The minimum atomic E-state index is -1.11. The Balaban J connectivity index is 5.20. The molecule has 0 aromatic heterocycles. The molecule has 0 aliphatic heterocycles. The maximum absolute atomic E-state index is 12.6. The fourth-order valence-electron chi connectivity index (χ4n) is 2.40. The molecule has 0 radical (unpaired) electrons. The number of esters is 1. The van der Waals surface area contributed by atoms with Crippen LogP contribution in [0.4, 0.5) is 4.79 Å². The Morgan fingerprint density at radius 1 is 1.15 bits per heavy atom. The van der Waals surface area contributed by atoms with Crippen LogP contribution in [0.5, 0.6) is 0 Å². The summed E-state index contributed by atoms with van der Waals surface area (Å²) in [6.07, 6.45) is 0.0741. The number of hydrogen-bond donors (Lipinski definition) is 2. The van der Waals surface area contributed by atoms with E-state index in [-0.39, 0.29) is 12.3 Å². The number of methoxy groups -OCH3 is 1. The van der Waals surface area contributed by atoms with Crippen molar-refractivity contribution < 1.29 is 33.7 Å². The van der Waals surface area contributed by atoms with E-state index in [0.717, 1.165) is 19.3 Å². The molecule has 0 fully saturated rings. The summed E-state index contributed by atoms with van der Waals surface area (Å²) < 4.78 is 15.8. The molecule has 158 valence electrons. The summed E-state index contributed by atoms with van der Waals surface area (Å²) >= 11 is 0. The largest absolute Gasteiger partial charge is 0.481 e. The molecular formula is C19H35NO7. The molecule has 1 amide bonds. The van der Waals surface area contributed by atoms with Gasteiger partial charge in [0.1, 0.15) is 11.7 Å². The Bertz CT molecular complexity index is 487. The van der Waals surface area contributed by atoms with Gasteiger partial charge in [0, 0.05) is 7.11 Å². The van der Waals surface area contributed by atoms with Crippen LogP contribution in [-0.2, 0) is 23.8 Å². The Morgan fingerprint density at radius 3 is 2.19 bits per heavy atom. The van der Waals surface area contributed by atoms with Crippen molar-refractivity contribution in [2.45, 2.75) is 91.1 Å². The zero-order chi connectivity index (χ0) is 21.2. The highest BCUT2D eigenvalue weighted by molar-refractivity contribution is 5.82. The Hall–Kier alpha value is -1.83. The third kappa shape index (κ3) is 10.8. The van der Waals surface area contributed by atoms with E-state index in [9.17, 15) is 14.4 Å². The van der Waals surface area contributed by atoms with Crippen LogP contribution in [0.2, 0.25) is 0 Å². The van der Waals surface area contributed by atoms with Crippen LogP contribution in [0.25, 0.3) is 0 Å². The van der Waals surface area contributed by atoms with Gasteiger partial charge in [-0.25, -0.2) is 9.59 Å². The molecule has 0 spiro atoms. The number of amides is 1. The number of carboxylic acids is 1. The predicted octanol–water partition coefficient (Wildman–Crippen LogP) is 3.13. The molecule has 8 heteroatoms. The van der Waals surface area contributed by atoms with Crippen molar-refractivity contribution in [2.24, 2.45) is 5.92 Å². The number of unbranched alkanes of at least 4 members (excludes halogenated alkanes) is 1. The number of ether oxygens (including phenoxy) is 3. The third-order valence-electron chi connectivity index (χ3n) is 4.06. The number of aliphatic carboxylic acids is 1. The van der Waals surface area contributed by atoms with Gasteiger partial charge in [-0.1, -0.05) is 26.7 Å². The zero-order valence-electron chi connectivity index (χ0n) is 17.5. The number of alkyl carbamates (subject to hydrolysis) is 1. The lowest BCUT2D eigenvalue weighted by atomic mass is 9.95. The molecule has 0 aliphatic carbocycles. The Labute approximate surface area is 161 Å². The van der Waals surface area contributed by atoms with Crippen LogP contribution in [0, 0.1) is 5.92 Å². The summed E-state index contributed by atoms with van der Waals surface area (Å²) in [5, 5.41) is 11.6. The maximum atomic E-state index is 12.6. The first-order chi connectivity index (χ1) is 12.4. The Morgan fingerprint density at radius 2 is 1.74 bits per heavy atom. The highest BCUT2D eigenvalue weighted by Crippen LogP contribution is 2.20. The summed E-state index contributed by atoms with van der Waals surface area (Å²) in [7, 11) is 1.40. The second-order valence-corrected chi connectivity index (χ2v) is 7.76. The SMILES string of the molecule is CCCC[C@H](C)[C@H](CC(=O)O)OC(=O)[C@@H](NC(=O)OC(C)(C)C)[C@H](C)OC. The second kappa shape index (κ2) is 11.8. The molecule has 8 nitrogen and oxygen atoms in total. The second-order valence-electron chi connectivity index (χ2n) is 7.76. The minimum Gasteiger partial charge on any atom is -0.481 e. The number of carbonyl (C=O) groups excluding carboxylic acids is 2. The summed E-state index contributed by atoms with van der Waals surface area (Å²) in [5.41, 5.74) is -0.727. The van der Waals surface area contributed by atoms with Crippen molar-refractivity contribution in [1.29, 1.82) is 0 Å². The molecule has 2 N–H and O–H groups in total. The van der Waals surface area contributed by atoms with E-state index in [0.29, 0.717) is 0 Å². The van der Waals surface area contributed by atoms with Crippen molar-refractivity contribution in [2.75, 3.05) is 7.11 Å². The first-order valence-corrected chi connectivity index (χ1v) is 9.35. The van der Waals surface area contributed by atoms with Gasteiger partial charge in [-0.15, -0.1) is 0 Å². The Kier molecular flexibility index (Phi) is 11.0. The molecule has 0 heterocycles. The molecule has 0 bridgehead atoms. The topological polar surface area (TPSA) is 111 Å². The van der Waals surface area contributed by atoms with Gasteiger partial charge in [0.15, 0.2) is 6.04 Å². The fraction of sp³-hybridized carbons (Fsp3) is 0.842. The van der Waals surface area contributed by atoms with Gasteiger partial charge in [-0.3, -0.25) is 4.79 Å². The van der Waals surface area contributed by atoms with E-state index >= 15 is 0 Å². The highest BCUT2D eigenvalue weighted by Gasteiger charge is 2.34. The molecule has 27 heavy (non-hydrogen) atoms. The molecule has 0 unspecified atom stereocenters. The van der Waals surface area contributed by atoms with Gasteiger partial charge < -0.3 is 24.6 Å². The highest BCUT2D eigenvalue weighted by atomic mass is 16.6. The lowest BCUT2D eigenvalue weighted by Gasteiger charge is -2.28. The first-order valence-electron chi connectivity index (χ1n) is 9.35. The van der Waals surface area contributed by atoms with Gasteiger partial charge in [-0.2, -0.15) is 0 Å². The normalized spacial score (nSPS) is 16.0. The van der Waals surface area contributed by atoms with Crippen LogP contribution in [-0.4, -0.2) is 54.1 Å². The zero-order valence-corrected chi connectivity index (χ0v) is 17.5. The van der Waals surface area contributed by atoms with Gasteiger partial charge in [0.05, 0.1) is 12.5 Å². The molecule has 4 atom stereocenters. The van der Waals surface area contributed by atoms with E-state index in [4.69, 9.17) is 19.3 Å². The number of rotatable bonds is 11. The monoisotopic (exact) mass is 389 g/mol. The van der Waals surface area contributed by atoms with Gasteiger partial charge in [0.25, 0.3) is 0 Å². The third-order valence-corrected chi connectivity index (χ3v) is 4.06. The summed E-state index contributed by atoms with van der Waals surface area (Å²) in [6.45, 7) is 10.6. The number of carboxylic acid groups (broad SMARTS) is 1. The molecular weight excluding hydrogens is 354 g/mol. The van der Waals surface area contributed by atoms with Crippen molar-refractivity contribution in [3.63, 3.8) is 0 Å². The molecule has 0 aromatic carbocycles. The standard InChI is InChI=1S/C19H35NO7/c1-8-9-10-12(2)14(11-15(21)22)26-17(23)16(13(3)25-7)20-18(24)27-19(4,5)6/h12-14,16H,8-11H2,1-7H3,(H,20,24)(H,21,22)/t12-,13-,14-,16-/m0/s1. The average molecular weight is 389 g/mol. The van der Waals surface area contributed by atoms with E-state index in [2.05, 4.69) is 5.32 Å². The number of nitrogens with one attached hydrogen (secondary N) is 1. The van der Waals surface area contributed by atoms with E-state index < -0.39 is 41.9 Å². The smallest absolute Gasteiger partial charge is 0.408 e. The van der Waals surface area contributed by atoms with Gasteiger partial charge in [0.2, 0.25) is 0 Å². The molecule has 0 saturated heterocycles. The van der Waals surface area contributed by atoms with Crippen LogP contribution in [0.1, 0.15) is 67.2 Å². The van der Waals surface area contributed by atoms with Gasteiger partial charge in [-0.05, 0) is 40.0 Å². The van der Waals surface area contributed by atoms with Gasteiger partial charge >= 0.3 is 18.0 Å². The lowest BCUT2D eigenvalue weighted by molar-refractivity contribution is -0.160. The summed E-state index contributed by atoms with van der Waals surface area (Å²) in [4.78, 5) is 35.8. The number of hydrogen-bond acceptors (Lipinski definition) is 6. The van der Waals surface area contributed by atoms with E-state index in [1.54, 1.807) is 27.7 Å². The summed E-state index contributed by atoms with van der Waals surface area (Å²) in [6, 6.07) is -1.11. The van der Waals surface area contributed by atoms with Crippen molar-refractivity contribution in [1.82, 2.24) is 5.32 Å². The predicted molar refractivity (Wildman–Crippen MR) is 100 cm³/mol. The van der Waals surface area contributed by atoms with Crippen molar-refractivity contribution >= 4 is 18.0 Å². The van der Waals surface area contributed by atoms with Crippen molar-refractivity contribution in [3.8, 4) is 0 Å². The van der Waals surface area contributed by atoms with Crippen LogP contribution in [0.3, 0.4) is 0 Å². The van der Waals surface area contributed by atoms with Crippen LogP contribution < -0.4 is 5.32 Å². The molecule has 0 rings (SSSR count). The maximum Gasteiger partial charge on any atom is 0.408 e. The molecule has 0 saturated carbocycles. The average Bonchev–Trinajstić information content (AvgIpc) is 2.54. The van der Waals surface area contributed by atoms with E-state index in [1.807, 2.05) is 13.8 Å². The molecule has 0 aliphatic rings. The van der Waals surface area contributed by atoms with E-state index in [1.165, 1.54) is 7.11 Å². The fourth-order valence-corrected chi connectivity index (χ4v) is 2.40. The first kappa shape index (κ1) is 25.2. The lowest BCUT2D eigenvalue weighted by Crippen LogP contribution is -2.51. The number of carbonyl (C=O) groups is 3. The quantitative estimate of drug-likeness (QED) is 0.522. The van der Waals surface area contributed by atoms with Crippen LogP contribution in [0.15, 0.2) is 0 Å². The minimum absolute atomic E-state index is 0.120.